The van der Waals surface area contributed by atoms with Gasteiger partial charge in [-0.1, -0.05) is 42.5 Å². The third-order valence-corrected chi connectivity index (χ3v) is 6.30. The van der Waals surface area contributed by atoms with Crippen LogP contribution in [0.2, 0.25) is 0 Å². The maximum atomic E-state index is 12.9. The molecule has 0 aromatic heterocycles. The van der Waals surface area contributed by atoms with Crippen molar-refractivity contribution in [1.29, 1.82) is 0 Å². The molecule has 0 aliphatic carbocycles. The van der Waals surface area contributed by atoms with Gasteiger partial charge in [-0.25, -0.2) is 0 Å². The Morgan fingerprint density at radius 2 is 1.76 bits per heavy atom. The summed E-state index contributed by atoms with van der Waals surface area (Å²) in [6.07, 6.45) is 1.87. The molecule has 2 aromatic rings. The minimum Gasteiger partial charge on any atom is -0.468 e. The Bertz CT molecular complexity index is 820. The predicted octanol–water partition coefficient (Wildman–Crippen LogP) is 3.73. The number of amides is 1. The first-order chi connectivity index (χ1) is 14.1. The van der Waals surface area contributed by atoms with Gasteiger partial charge in [0, 0.05) is 30.6 Å². The molecular formula is C23H28N2O3S. The molecule has 1 N–H and O–H groups in total. The summed E-state index contributed by atoms with van der Waals surface area (Å²) in [5, 5.41) is 2.82. The molecule has 0 radical (unpaired) electrons. The number of hydrogen-bond acceptors (Lipinski definition) is 5. The van der Waals surface area contributed by atoms with Crippen LogP contribution in [0.15, 0.2) is 59.5 Å². The maximum Gasteiger partial charge on any atom is 0.318 e. The summed E-state index contributed by atoms with van der Waals surface area (Å²) in [5.74, 6) is -0.373. The Hall–Kier alpha value is -2.31. The zero-order chi connectivity index (χ0) is 20.6. The van der Waals surface area contributed by atoms with Gasteiger partial charge in [0.05, 0.1) is 12.7 Å². The van der Waals surface area contributed by atoms with E-state index < -0.39 is 0 Å². The summed E-state index contributed by atoms with van der Waals surface area (Å²) >= 11 is 1.35. The van der Waals surface area contributed by atoms with Crippen LogP contribution in [-0.4, -0.2) is 48.3 Å². The number of ether oxygens (including phenoxy) is 1. The van der Waals surface area contributed by atoms with Crippen LogP contribution < -0.4 is 5.32 Å². The van der Waals surface area contributed by atoms with Crippen molar-refractivity contribution in [2.24, 2.45) is 0 Å². The molecule has 29 heavy (non-hydrogen) atoms. The second kappa shape index (κ2) is 10.5. The molecule has 5 nitrogen and oxygen atoms in total. The number of carbonyl (C=O) groups excluding carboxylic acids is 2. The van der Waals surface area contributed by atoms with Crippen LogP contribution in [0.25, 0.3) is 0 Å². The van der Waals surface area contributed by atoms with Gasteiger partial charge >= 0.3 is 5.97 Å². The summed E-state index contributed by atoms with van der Waals surface area (Å²) in [6, 6.07) is 18.1. The van der Waals surface area contributed by atoms with Crippen molar-refractivity contribution < 1.29 is 14.3 Å². The monoisotopic (exact) mass is 412 g/mol. The number of nitrogens with zero attached hydrogens (tertiary/aromatic N) is 1. The van der Waals surface area contributed by atoms with E-state index in [0.717, 1.165) is 37.4 Å². The number of methoxy groups -OCH3 is 1. The number of esters is 1. The average Bonchev–Trinajstić information content (AvgIpc) is 2.75. The molecule has 1 heterocycles. The van der Waals surface area contributed by atoms with Crippen LogP contribution >= 0.6 is 11.8 Å². The molecule has 1 atom stereocenters. The highest BCUT2D eigenvalue weighted by atomic mass is 32.2. The summed E-state index contributed by atoms with van der Waals surface area (Å²) in [5.41, 5.74) is 1.93. The highest BCUT2D eigenvalue weighted by Gasteiger charge is 2.23. The van der Waals surface area contributed by atoms with Crippen LogP contribution in [-0.2, 0) is 16.1 Å². The molecule has 1 aliphatic rings. The second-order valence-electron chi connectivity index (χ2n) is 7.29. The van der Waals surface area contributed by atoms with Crippen molar-refractivity contribution in [2.45, 2.75) is 42.5 Å². The zero-order valence-electron chi connectivity index (χ0n) is 17.0. The van der Waals surface area contributed by atoms with Gasteiger partial charge in [0.1, 0.15) is 5.25 Å². The Morgan fingerprint density at radius 1 is 1.10 bits per heavy atom. The Labute approximate surface area is 176 Å². The molecule has 0 saturated carbocycles. The van der Waals surface area contributed by atoms with Crippen LogP contribution in [0.1, 0.15) is 35.7 Å². The van der Waals surface area contributed by atoms with Gasteiger partial charge in [-0.2, -0.15) is 0 Å². The number of benzene rings is 2. The molecule has 1 amide bonds. The van der Waals surface area contributed by atoms with Crippen molar-refractivity contribution >= 4 is 23.6 Å². The number of thioether (sulfide) groups is 1. The van der Waals surface area contributed by atoms with Gasteiger partial charge in [-0.15, -0.1) is 11.8 Å². The fourth-order valence-electron chi connectivity index (χ4n) is 3.50. The number of hydrogen-bond donors (Lipinski definition) is 1. The lowest BCUT2D eigenvalue weighted by Gasteiger charge is -2.32. The molecular weight excluding hydrogens is 384 g/mol. The molecule has 2 aromatic carbocycles. The van der Waals surface area contributed by atoms with E-state index in [9.17, 15) is 9.59 Å². The summed E-state index contributed by atoms with van der Waals surface area (Å²) in [7, 11) is 1.38. The Kier molecular flexibility index (Phi) is 7.72. The van der Waals surface area contributed by atoms with E-state index >= 15 is 0 Å². The van der Waals surface area contributed by atoms with E-state index in [0.29, 0.717) is 5.56 Å². The van der Waals surface area contributed by atoms with E-state index in [1.807, 2.05) is 30.3 Å². The molecule has 1 unspecified atom stereocenters. The minimum atomic E-state index is -0.366. The first-order valence-electron chi connectivity index (χ1n) is 9.97. The third-order valence-electron chi connectivity index (χ3n) is 5.14. The van der Waals surface area contributed by atoms with Gasteiger partial charge in [0.2, 0.25) is 0 Å². The topological polar surface area (TPSA) is 58.6 Å². The predicted molar refractivity (Wildman–Crippen MR) is 116 cm³/mol. The largest absolute Gasteiger partial charge is 0.468 e. The average molecular weight is 413 g/mol. The molecule has 0 bridgehead atoms. The van der Waals surface area contributed by atoms with Crippen LogP contribution in [0.5, 0.6) is 0 Å². The number of likely N-dealkylation sites (tertiary alicyclic amines) is 1. The molecule has 1 aliphatic heterocycles. The molecule has 3 rings (SSSR count). The van der Waals surface area contributed by atoms with E-state index in [2.05, 4.69) is 34.5 Å². The SMILES string of the molecule is COC(=O)C(C)Sc1ccccc1C(=O)NC1CCN(Cc2ccccc2)CC1. The van der Waals surface area contributed by atoms with Crippen LogP contribution in [0, 0.1) is 0 Å². The van der Waals surface area contributed by atoms with Crippen molar-refractivity contribution in [1.82, 2.24) is 10.2 Å². The quantitative estimate of drug-likeness (QED) is 0.555. The van der Waals surface area contributed by atoms with Crippen molar-refractivity contribution in [2.75, 3.05) is 20.2 Å². The first kappa shape index (κ1) is 21.4. The Morgan fingerprint density at radius 3 is 2.45 bits per heavy atom. The standard InChI is InChI=1S/C23H28N2O3S/c1-17(23(27)28-2)29-21-11-7-6-10-20(21)22(26)24-19-12-14-25(15-13-19)16-18-8-4-3-5-9-18/h3-11,17,19H,12-16H2,1-2H3,(H,24,26). The number of rotatable bonds is 7. The van der Waals surface area contributed by atoms with E-state index in [4.69, 9.17) is 4.74 Å². The lowest BCUT2D eigenvalue weighted by Crippen LogP contribution is -2.44. The second-order valence-corrected chi connectivity index (χ2v) is 8.67. The summed E-state index contributed by atoms with van der Waals surface area (Å²) < 4.78 is 4.79. The highest BCUT2D eigenvalue weighted by Crippen LogP contribution is 2.28. The molecule has 1 fully saturated rings. The fraction of sp³-hybridized carbons (Fsp3) is 0.391. The highest BCUT2D eigenvalue weighted by molar-refractivity contribution is 8.00. The molecule has 1 saturated heterocycles. The summed E-state index contributed by atoms with van der Waals surface area (Å²) in [4.78, 5) is 27.8. The van der Waals surface area contributed by atoms with Crippen LogP contribution in [0.4, 0.5) is 0 Å². The van der Waals surface area contributed by atoms with Crippen LogP contribution in [0.3, 0.4) is 0 Å². The zero-order valence-corrected chi connectivity index (χ0v) is 17.8. The third kappa shape index (κ3) is 6.08. The molecule has 0 spiro atoms. The van der Waals surface area contributed by atoms with E-state index in [1.165, 1.54) is 24.4 Å². The van der Waals surface area contributed by atoms with Crippen molar-refractivity contribution in [3.63, 3.8) is 0 Å². The van der Waals surface area contributed by atoms with Gasteiger partial charge in [0.15, 0.2) is 0 Å². The maximum absolute atomic E-state index is 12.9. The van der Waals surface area contributed by atoms with Crippen molar-refractivity contribution in [3.05, 3.63) is 65.7 Å². The molecule has 154 valence electrons. The Balaban J connectivity index is 1.54. The van der Waals surface area contributed by atoms with E-state index in [1.54, 1.807) is 6.92 Å². The smallest absolute Gasteiger partial charge is 0.318 e. The molecule has 6 heteroatoms. The first-order valence-corrected chi connectivity index (χ1v) is 10.9. The van der Waals surface area contributed by atoms with Gasteiger partial charge < -0.3 is 10.1 Å². The normalized spacial score (nSPS) is 16.2. The van der Waals surface area contributed by atoms with Gasteiger partial charge in [-0.3, -0.25) is 14.5 Å². The van der Waals surface area contributed by atoms with Crippen molar-refractivity contribution in [3.8, 4) is 0 Å². The fourth-order valence-corrected chi connectivity index (χ4v) is 4.52. The van der Waals surface area contributed by atoms with Gasteiger partial charge in [-0.05, 0) is 37.5 Å². The number of carbonyl (C=O) groups is 2. The van der Waals surface area contributed by atoms with Gasteiger partial charge in [0.25, 0.3) is 5.91 Å². The number of nitrogens with one attached hydrogen (secondary N) is 1. The lowest BCUT2D eigenvalue weighted by molar-refractivity contribution is -0.139. The lowest BCUT2D eigenvalue weighted by atomic mass is 10.0. The minimum absolute atomic E-state index is 0.0772. The number of piperidine rings is 1. The summed E-state index contributed by atoms with van der Waals surface area (Å²) in [6.45, 7) is 4.67. The van der Waals surface area contributed by atoms with E-state index in [-0.39, 0.29) is 23.2 Å².